The summed E-state index contributed by atoms with van der Waals surface area (Å²) in [6, 6.07) is 62.4. The van der Waals surface area contributed by atoms with Gasteiger partial charge in [-0.25, -0.2) is 4.98 Å². The molecule has 246 valence electrons. The Labute approximate surface area is 302 Å². The minimum atomic E-state index is 0.317. The lowest BCUT2D eigenvalue weighted by Crippen LogP contribution is -2.07. The van der Waals surface area contributed by atoms with Gasteiger partial charge in [0, 0.05) is 27.8 Å². The first-order valence-corrected chi connectivity index (χ1v) is 18.0. The van der Waals surface area contributed by atoms with Crippen molar-refractivity contribution in [2.75, 3.05) is 0 Å². The van der Waals surface area contributed by atoms with E-state index >= 15 is 0 Å². The summed E-state index contributed by atoms with van der Waals surface area (Å²) < 4.78 is 2.25. The van der Waals surface area contributed by atoms with Gasteiger partial charge in [-0.2, -0.15) is 9.97 Å². The normalized spacial score (nSPS) is 13.8. The number of aromatic nitrogens is 4. The third-order valence-electron chi connectivity index (χ3n) is 10.5. The first-order valence-electron chi connectivity index (χ1n) is 18.0. The molecule has 1 atom stereocenters. The second-order valence-electron chi connectivity index (χ2n) is 13.5. The van der Waals surface area contributed by atoms with E-state index in [2.05, 4.69) is 156 Å². The van der Waals surface area contributed by atoms with E-state index in [1.54, 1.807) is 0 Å². The molecule has 10 rings (SSSR count). The molecular formula is C48H34N4. The monoisotopic (exact) mass is 666 g/mol. The van der Waals surface area contributed by atoms with Gasteiger partial charge in [0.25, 0.3) is 0 Å². The average molecular weight is 667 g/mol. The molecule has 52 heavy (non-hydrogen) atoms. The van der Waals surface area contributed by atoms with Crippen LogP contribution in [-0.2, 0) is 6.42 Å². The van der Waals surface area contributed by atoms with Crippen LogP contribution in [0, 0.1) is 0 Å². The van der Waals surface area contributed by atoms with Crippen LogP contribution in [0.15, 0.2) is 176 Å². The average Bonchev–Trinajstić information content (AvgIpc) is 3.46. The molecule has 0 aliphatic heterocycles. The topological polar surface area (TPSA) is 43.6 Å². The van der Waals surface area contributed by atoms with E-state index in [1.807, 2.05) is 24.3 Å². The van der Waals surface area contributed by atoms with E-state index in [4.69, 9.17) is 15.0 Å². The molecule has 7 aromatic carbocycles. The molecule has 0 bridgehead atoms. The smallest absolute Gasteiger partial charge is 0.238 e. The van der Waals surface area contributed by atoms with E-state index in [0.717, 1.165) is 46.1 Å². The minimum absolute atomic E-state index is 0.317. The maximum absolute atomic E-state index is 5.33. The molecule has 0 saturated carbocycles. The van der Waals surface area contributed by atoms with Crippen molar-refractivity contribution in [1.29, 1.82) is 0 Å². The molecule has 1 aliphatic carbocycles. The lowest BCUT2D eigenvalue weighted by Gasteiger charge is -2.18. The fraction of sp³-hybridized carbons (Fsp3) is 0.0625. The summed E-state index contributed by atoms with van der Waals surface area (Å²) in [7, 11) is 0. The van der Waals surface area contributed by atoms with Crippen molar-refractivity contribution in [1.82, 2.24) is 19.5 Å². The van der Waals surface area contributed by atoms with Gasteiger partial charge in [0.15, 0.2) is 11.6 Å². The van der Waals surface area contributed by atoms with Gasteiger partial charge in [0.2, 0.25) is 5.95 Å². The molecule has 2 aromatic heterocycles. The van der Waals surface area contributed by atoms with Gasteiger partial charge in [-0.15, -0.1) is 0 Å². The third-order valence-corrected chi connectivity index (χ3v) is 10.5. The maximum atomic E-state index is 5.33. The van der Waals surface area contributed by atoms with Crippen molar-refractivity contribution in [2.45, 2.75) is 18.8 Å². The molecule has 1 aliphatic rings. The van der Waals surface area contributed by atoms with E-state index in [9.17, 15) is 0 Å². The summed E-state index contributed by atoms with van der Waals surface area (Å²) in [6.45, 7) is 0. The summed E-state index contributed by atoms with van der Waals surface area (Å²) in [6.07, 6.45) is 2.04. The zero-order chi connectivity index (χ0) is 34.4. The summed E-state index contributed by atoms with van der Waals surface area (Å²) >= 11 is 0. The second-order valence-corrected chi connectivity index (χ2v) is 13.5. The predicted molar refractivity (Wildman–Crippen MR) is 213 cm³/mol. The second kappa shape index (κ2) is 12.6. The Balaban J connectivity index is 1.25. The third kappa shape index (κ3) is 5.03. The Bertz CT molecular complexity index is 2730. The number of hydrogen-bond acceptors (Lipinski definition) is 3. The van der Waals surface area contributed by atoms with Crippen LogP contribution >= 0.6 is 0 Å². The van der Waals surface area contributed by atoms with E-state index in [-0.39, 0.29) is 0 Å². The lowest BCUT2D eigenvalue weighted by molar-refractivity contribution is 0.726. The highest BCUT2D eigenvalue weighted by molar-refractivity contribution is 6.16. The van der Waals surface area contributed by atoms with Crippen LogP contribution in [-0.4, -0.2) is 19.5 Å². The van der Waals surface area contributed by atoms with Crippen molar-refractivity contribution < 1.29 is 0 Å². The summed E-state index contributed by atoms with van der Waals surface area (Å²) in [5.74, 6) is 2.19. The number of para-hydroxylation sites is 1. The van der Waals surface area contributed by atoms with Crippen molar-refractivity contribution in [3.8, 4) is 51.0 Å². The quantitative estimate of drug-likeness (QED) is 0.184. The van der Waals surface area contributed by atoms with Crippen LogP contribution in [0.2, 0.25) is 0 Å². The van der Waals surface area contributed by atoms with E-state index < -0.39 is 0 Å². The molecule has 0 amide bonds. The van der Waals surface area contributed by atoms with Gasteiger partial charge in [-0.1, -0.05) is 164 Å². The fourth-order valence-corrected chi connectivity index (χ4v) is 8.20. The molecule has 0 radical (unpaired) electrons. The lowest BCUT2D eigenvalue weighted by atomic mass is 9.85. The number of hydrogen-bond donors (Lipinski definition) is 0. The van der Waals surface area contributed by atoms with E-state index in [1.165, 1.54) is 38.6 Å². The zero-order valence-corrected chi connectivity index (χ0v) is 28.5. The Kier molecular flexibility index (Phi) is 7.31. The maximum Gasteiger partial charge on any atom is 0.238 e. The number of rotatable bonds is 5. The van der Waals surface area contributed by atoms with Gasteiger partial charge in [0.05, 0.1) is 11.0 Å². The van der Waals surface area contributed by atoms with Gasteiger partial charge in [-0.3, -0.25) is 4.57 Å². The summed E-state index contributed by atoms with van der Waals surface area (Å²) in [4.78, 5) is 15.7. The SMILES string of the molecule is c1ccc(-c2nc(-c3ccccc3-c3ccccc3)nc(-n3c4ccccc4c4c5c(ccc43)CCC(c3ccccc3)c3ccccc3-5)n2)cc1. The van der Waals surface area contributed by atoms with Gasteiger partial charge in [0.1, 0.15) is 0 Å². The van der Waals surface area contributed by atoms with Crippen LogP contribution < -0.4 is 0 Å². The van der Waals surface area contributed by atoms with Crippen LogP contribution in [0.25, 0.3) is 72.8 Å². The first kappa shape index (κ1) is 30.2. The predicted octanol–water partition coefficient (Wildman–Crippen LogP) is 11.7. The molecule has 0 spiro atoms. The summed E-state index contributed by atoms with van der Waals surface area (Å²) in [5, 5.41) is 2.43. The molecule has 9 aromatic rings. The summed E-state index contributed by atoms with van der Waals surface area (Å²) in [5.41, 5.74) is 13.0. The largest absolute Gasteiger partial charge is 0.278 e. The molecular weight excluding hydrogens is 633 g/mol. The van der Waals surface area contributed by atoms with Crippen LogP contribution in [0.3, 0.4) is 0 Å². The van der Waals surface area contributed by atoms with E-state index in [0.29, 0.717) is 23.5 Å². The van der Waals surface area contributed by atoms with Crippen molar-refractivity contribution in [3.05, 3.63) is 193 Å². The van der Waals surface area contributed by atoms with Crippen LogP contribution in [0.4, 0.5) is 0 Å². The van der Waals surface area contributed by atoms with Gasteiger partial charge >= 0.3 is 0 Å². The highest BCUT2D eigenvalue weighted by Crippen LogP contribution is 2.47. The van der Waals surface area contributed by atoms with Crippen molar-refractivity contribution in [3.63, 3.8) is 0 Å². The number of nitrogens with zero attached hydrogens (tertiary/aromatic N) is 4. The standard InChI is InChI=1S/C48H34N4/c1-4-16-32(17-5-1)36-22-10-13-25-40(36)47-49-46(35-20-8-3-9-21-35)50-48(51-47)52-42-27-15-14-26-41(42)45-43(52)31-29-34-28-30-37(33-18-6-2-7-19-33)38-23-11-12-24-39(38)44(34)45/h1-27,29,31,37H,28,30H2. The van der Waals surface area contributed by atoms with Gasteiger partial charge in [-0.05, 0) is 63.9 Å². The molecule has 4 heteroatoms. The molecule has 0 saturated heterocycles. The van der Waals surface area contributed by atoms with Gasteiger partial charge < -0.3 is 0 Å². The van der Waals surface area contributed by atoms with Crippen LogP contribution in [0.1, 0.15) is 29.0 Å². The Morgan fingerprint density at radius 2 is 1.08 bits per heavy atom. The minimum Gasteiger partial charge on any atom is -0.278 e. The Morgan fingerprint density at radius 3 is 1.87 bits per heavy atom. The Hall–Kier alpha value is -6.65. The first-order chi connectivity index (χ1) is 25.8. The van der Waals surface area contributed by atoms with Crippen molar-refractivity contribution in [2.24, 2.45) is 0 Å². The zero-order valence-electron chi connectivity index (χ0n) is 28.5. The highest BCUT2D eigenvalue weighted by Gasteiger charge is 2.28. The molecule has 0 fully saturated rings. The fourth-order valence-electron chi connectivity index (χ4n) is 8.20. The number of aryl methyl sites for hydroxylation is 1. The van der Waals surface area contributed by atoms with Crippen molar-refractivity contribution >= 4 is 21.8 Å². The molecule has 4 nitrogen and oxygen atoms in total. The Morgan fingerprint density at radius 1 is 0.462 bits per heavy atom. The molecule has 0 N–H and O–H groups in total. The highest BCUT2D eigenvalue weighted by atomic mass is 15.2. The number of benzene rings is 7. The molecule has 2 heterocycles. The number of fused-ring (bicyclic) bond motifs is 7. The molecule has 1 unspecified atom stereocenters. The van der Waals surface area contributed by atoms with Crippen LogP contribution in [0.5, 0.6) is 0 Å².